The number of carbonyl (C=O) groups is 3. The first-order chi connectivity index (χ1) is 18.3. The van der Waals surface area contributed by atoms with Gasteiger partial charge >= 0.3 is 6.09 Å². The van der Waals surface area contributed by atoms with Crippen molar-refractivity contribution < 1.29 is 46.8 Å². The van der Waals surface area contributed by atoms with Gasteiger partial charge in [0.25, 0.3) is 10.1 Å². The number of ether oxygens (including phenoxy) is 1. The summed E-state index contributed by atoms with van der Waals surface area (Å²) in [5, 5.41) is 14.9. The number of carbonyl (C=O) groups excluding carboxylic acids is 3. The Morgan fingerprint density at radius 3 is 2.55 bits per heavy atom. The Labute approximate surface area is 203 Å². The predicted molar refractivity (Wildman–Crippen MR) is 119 cm³/mol. The quantitative estimate of drug-likeness (QED) is 0.321. The van der Waals surface area contributed by atoms with Crippen LogP contribution in [0.15, 0.2) is 30.2 Å². The second kappa shape index (κ2) is 12.1. The maximum atomic E-state index is 13.2. The highest BCUT2D eigenvalue weighted by Gasteiger charge is 2.38. The SMILES string of the molecule is [2H]c1c([2H])c([2H])c(C([2H])([2H])OC(=O)N[C@@H](CC(C)C)C(=O)C[C@@H](C[C@@H]2CCNC2=O)C(O)S(=O)(=O)O)c([2H])c1[2H]. The monoisotopic (exact) mass is 491 g/mol. The van der Waals surface area contributed by atoms with Gasteiger partial charge in [0.2, 0.25) is 5.91 Å². The van der Waals surface area contributed by atoms with Crippen molar-refractivity contribution in [3.63, 3.8) is 0 Å². The Kier molecular flexibility index (Phi) is 6.57. The summed E-state index contributed by atoms with van der Waals surface area (Å²) in [5.74, 6) is -3.59. The topological polar surface area (TPSA) is 159 Å². The molecular formula is C22H32N2O8S. The lowest BCUT2D eigenvalue weighted by Gasteiger charge is -2.25. The van der Waals surface area contributed by atoms with Gasteiger partial charge in [-0.05, 0) is 30.7 Å². The third-order valence-electron chi connectivity index (χ3n) is 5.06. The number of hydrogen-bond donors (Lipinski definition) is 4. The molecule has 0 aromatic heterocycles. The van der Waals surface area contributed by atoms with Crippen LogP contribution in [0.4, 0.5) is 4.79 Å². The molecule has 1 fully saturated rings. The maximum absolute atomic E-state index is 13.2. The smallest absolute Gasteiger partial charge is 0.408 e. The van der Waals surface area contributed by atoms with Crippen LogP contribution in [0.2, 0.25) is 0 Å². The second-order valence-corrected chi connectivity index (χ2v) is 9.68. The van der Waals surface area contributed by atoms with Gasteiger partial charge in [-0.1, -0.05) is 44.1 Å². The molecule has 0 saturated carbocycles. The van der Waals surface area contributed by atoms with Crippen LogP contribution in [0.1, 0.15) is 54.7 Å². The fourth-order valence-electron chi connectivity index (χ4n) is 3.49. The zero-order valence-electron chi connectivity index (χ0n) is 25.2. The van der Waals surface area contributed by atoms with Crippen molar-refractivity contribution in [2.45, 2.75) is 57.6 Å². The molecule has 4 atom stereocenters. The fourth-order valence-corrected chi connectivity index (χ4v) is 4.19. The van der Waals surface area contributed by atoms with Crippen LogP contribution in [0.5, 0.6) is 0 Å². The molecule has 2 amide bonds. The zero-order chi connectivity index (χ0) is 30.7. The van der Waals surface area contributed by atoms with Gasteiger partial charge in [-0.2, -0.15) is 8.42 Å². The minimum atomic E-state index is -5.02. The predicted octanol–water partition coefficient (Wildman–Crippen LogP) is 1.64. The third kappa shape index (κ3) is 8.75. The highest BCUT2D eigenvalue weighted by Crippen LogP contribution is 2.27. The van der Waals surface area contributed by atoms with Crippen LogP contribution in [0.25, 0.3) is 0 Å². The lowest BCUT2D eigenvalue weighted by atomic mass is 9.87. The molecule has 10 nitrogen and oxygen atoms in total. The van der Waals surface area contributed by atoms with Crippen LogP contribution in [0.3, 0.4) is 0 Å². The first-order valence-electron chi connectivity index (χ1n) is 13.8. The molecule has 1 aliphatic heterocycles. The minimum Gasteiger partial charge on any atom is -0.445 e. The number of aliphatic hydroxyl groups is 1. The molecule has 1 aromatic carbocycles. The molecule has 0 bridgehead atoms. The summed E-state index contributed by atoms with van der Waals surface area (Å²) in [5.41, 5.74) is -3.33. The van der Waals surface area contributed by atoms with E-state index in [0.717, 1.165) is 0 Å². The number of amides is 2. The summed E-state index contributed by atoms with van der Waals surface area (Å²) >= 11 is 0. The number of hydrogen-bond acceptors (Lipinski definition) is 7. The number of benzene rings is 1. The van der Waals surface area contributed by atoms with Gasteiger partial charge in [0, 0.05) is 24.8 Å². The third-order valence-corrected chi connectivity index (χ3v) is 6.05. The van der Waals surface area contributed by atoms with Gasteiger partial charge in [-0.3, -0.25) is 14.1 Å². The number of alkyl carbamates (subject to hydrolysis) is 1. The van der Waals surface area contributed by atoms with Gasteiger partial charge in [0.15, 0.2) is 11.2 Å². The first-order valence-corrected chi connectivity index (χ1v) is 11.8. The van der Waals surface area contributed by atoms with Crippen LogP contribution < -0.4 is 10.6 Å². The van der Waals surface area contributed by atoms with E-state index in [0.29, 0.717) is 13.0 Å². The zero-order valence-corrected chi connectivity index (χ0v) is 19.0. The second-order valence-electron chi connectivity index (χ2n) is 8.17. The number of aliphatic hydroxyl groups excluding tert-OH is 1. The largest absolute Gasteiger partial charge is 0.445 e. The first kappa shape index (κ1) is 17.9. The van der Waals surface area contributed by atoms with E-state index in [1.807, 2.05) is 0 Å². The average molecular weight is 492 g/mol. The van der Waals surface area contributed by atoms with E-state index < -0.39 is 100.0 Å². The molecule has 0 aliphatic carbocycles. The number of ketones is 1. The average Bonchev–Trinajstić information content (AvgIpc) is 3.22. The molecule has 2 rings (SSSR count). The number of Topliss-reactive ketones (excluding diaryl/α,β-unsaturated/α-hetero) is 1. The Morgan fingerprint density at radius 1 is 1.33 bits per heavy atom. The maximum Gasteiger partial charge on any atom is 0.408 e. The summed E-state index contributed by atoms with van der Waals surface area (Å²) in [6.45, 7) is 0.466. The molecule has 1 heterocycles. The summed E-state index contributed by atoms with van der Waals surface area (Å²) < 4.78 is 92.4. The van der Waals surface area contributed by atoms with E-state index in [2.05, 4.69) is 10.6 Å². The van der Waals surface area contributed by atoms with Crippen molar-refractivity contribution in [2.24, 2.45) is 17.8 Å². The molecule has 0 spiro atoms. The molecule has 1 aromatic rings. The number of rotatable bonds is 12. The van der Waals surface area contributed by atoms with E-state index in [1.54, 1.807) is 13.8 Å². The summed E-state index contributed by atoms with van der Waals surface area (Å²) in [6, 6.07) is -5.74. The molecule has 184 valence electrons. The van der Waals surface area contributed by atoms with Gasteiger partial charge in [0.05, 0.1) is 15.6 Å². The van der Waals surface area contributed by atoms with Gasteiger partial charge in [0.1, 0.15) is 6.56 Å². The van der Waals surface area contributed by atoms with E-state index in [4.69, 9.17) is 14.3 Å². The molecule has 1 aliphatic rings. The summed E-state index contributed by atoms with van der Waals surface area (Å²) in [4.78, 5) is 37.9. The molecule has 33 heavy (non-hydrogen) atoms. The molecule has 11 heteroatoms. The van der Waals surface area contributed by atoms with Gasteiger partial charge in [-0.25, -0.2) is 4.79 Å². The van der Waals surface area contributed by atoms with E-state index >= 15 is 0 Å². The van der Waals surface area contributed by atoms with Crippen molar-refractivity contribution in [1.82, 2.24) is 10.6 Å². The van der Waals surface area contributed by atoms with Crippen LogP contribution in [-0.2, 0) is 31.0 Å². The summed E-state index contributed by atoms with van der Waals surface area (Å²) in [7, 11) is -5.02. The minimum absolute atomic E-state index is 0.0375. The van der Waals surface area contributed by atoms with E-state index in [-0.39, 0.29) is 18.8 Å². The van der Waals surface area contributed by atoms with Crippen molar-refractivity contribution in [3.8, 4) is 0 Å². The summed E-state index contributed by atoms with van der Waals surface area (Å²) in [6.07, 6.45) is -2.18. The molecule has 1 saturated heterocycles. The lowest BCUT2D eigenvalue weighted by Crippen LogP contribution is -2.44. The lowest BCUT2D eigenvalue weighted by molar-refractivity contribution is -0.125. The highest BCUT2D eigenvalue weighted by atomic mass is 32.2. The van der Waals surface area contributed by atoms with E-state index in [9.17, 15) is 32.5 Å². The fraction of sp³-hybridized carbons (Fsp3) is 0.591. The Balaban J connectivity index is 2.28. The Morgan fingerprint density at radius 2 is 2.00 bits per heavy atom. The van der Waals surface area contributed by atoms with Crippen molar-refractivity contribution in [3.05, 3.63) is 35.8 Å². The van der Waals surface area contributed by atoms with Crippen LogP contribution in [-0.4, -0.2) is 53.9 Å². The van der Waals surface area contributed by atoms with E-state index in [1.165, 1.54) is 0 Å². The van der Waals surface area contributed by atoms with Gasteiger partial charge < -0.3 is 20.5 Å². The molecule has 1 unspecified atom stereocenters. The van der Waals surface area contributed by atoms with Crippen LogP contribution >= 0.6 is 0 Å². The normalized spacial score (nSPS) is 22.4. The van der Waals surface area contributed by atoms with Crippen molar-refractivity contribution in [2.75, 3.05) is 6.54 Å². The van der Waals surface area contributed by atoms with Gasteiger partial charge in [-0.15, -0.1) is 0 Å². The molecular weight excluding hydrogens is 452 g/mol. The van der Waals surface area contributed by atoms with Crippen molar-refractivity contribution >= 4 is 27.9 Å². The number of nitrogens with one attached hydrogen (secondary N) is 2. The Hall–Kier alpha value is -2.50. The van der Waals surface area contributed by atoms with Crippen molar-refractivity contribution in [1.29, 1.82) is 0 Å². The highest BCUT2D eigenvalue weighted by molar-refractivity contribution is 7.86. The molecule has 4 N–H and O–H groups in total. The Bertz CT molecular complexity index is 1230. The molecule has 0 radical (unpaired) electrons. The van der Waals surface area contributed by atoms with Crippen LogP contribution in [0, 0.1) is 17.8 Å². The standard InChI is InChI=1S/C22H32N2O8S/c1-14(2)10-18(24-22(28)32-13-15-6-4-3-5-7-15)19(25)12-17(21(27)33(29,30)31)11-16-8-9-23-20(16)26/h3-7,14,16-18,21,27H,8-13H2,1-2H3,(H,23,26)(H,24,28)(H,29,30,31)/t16-,17+,18-,21?/m0/s1/i3D,4D,5D,6D,7D,13D2.